The van der Waals surface area contributed by atoms with Crippen LogP contribution in [0.5, 0.6) is 5.88 Å². The average molecular weight is 288 g/mol. The molecule has 0 saturated carbocycles. The second-order valence-corrected chi connectivity index (χ2v) is 4.92. The highest BCUT2D eigenvalue weighted by molar-refractivity contribution is 5.96. The van der Waals surface area contributed by atoms with E-state index in [0.717, 1.165) is 30.6 Å². The molecule has 0 aliphatic carbocycles. The van der Waals surface area contributed by atoms with Gasteiger partial charge in [0.2, 0.25) is 11.8 Å². The summed E-state index contributed by atoms with van der Waals surface area (Å²) in [5.41, 5.74) is 6.55. The highest BCUT2D eigenvalue weighted by atomic mass is 16.5. The van der Waals surface area contributed by atoms with Crippen molar-refractivity contribution in [1.29, 1.82) is 0 Å². The molecular formula is C14H16N4O3. The van der Waals surface area contributed by atoms with Crippen molar-refractivity contribution in [1.82, 2.24) is 15.0 Å². The monoisotopic (exact) mass is 288 g/mol. The van der Waals surface area contributed by atoms with Crippen LogP contribution in [0, 0.1) is 5.92 Å². The Labute approximate surface area is 121 Å². The molecule has 7 heteroatoms. The van der Waals surface area contributed by atoms with Crippen LogP contribution in [0.4, 0.5) is 0 Å². The van der Waals surface area contributed by atoms with Crippen LogP contribution in [-0.4, -0.2) is 40.7 Å². The average Bonchev–Trinajstić information content (AvgIpc) is 2.83. The summed E-state index contributed by atoms with van der Waals surface area (Å²) in [7, 11) is 0. The van der Waals surface area contributed by atoms with Crippen molar-refractivity contribution in [3.8, 4) is 5.88 Å². The molecular weight excluding hydrogens is 272 g/mol. The van der Waals surface area contributed by atoms with Gasteiger partial charge in [0, 0.05) is 23.8 Å². The molecule has 0 spiro atoms. The number of hydrogen-bond acceptors (Lipinski definition) is 5. The van der Waals surface area contributed by atoms with Gasteiger partial charge in [0.25, 0.3) is 0 Å². The molecule has 0 unspecified atom stereocenters. The Morgan fingerprint density at radius 1 is 1.52 bits per heavy atom. The fraction of sp³-hybridized carbons (Fsp3) is 0.357. The summed E-state index contributed by atoms with van der Waals surface area (Å²) < 4.78 is 10.9. The number of ether oxygens (including phenoxy) is 2. The Kier molecular flexibility index (Phi) is 3.83. The first-order valence-electron chi connectivity index (χ1n) is 6.74. The Hall–Kier alpha value is -2.41. The van der Waals surface area contributed by atoms with Crippen molar-refractivity contribution in [3.05, 3.63) is 24.2 Å². The van der Waals surface area contributed by atoms with E-state index < -0.39 is 5.91 Å². The van der Waals surface area contributed by atoms with Crippen molar-refractivity contribution in [2.75, 3.05) is 19.8 Å². The molecule has 2 aromatic heterocycles. The van der Waals surface area contributed by atoms with E-state index in [0.29, 0.717) is 24.1 Å². The predicted octanol–water partition coefficient (Wildman–Crippen LogP) is 0.872. The van der Waals surface area contributed by atoms with Crippen molar-refractivity contribution in [2.45, 2.75) is 6.42 Å². The van der Waals surface area contributed by atoms with Crippen LogP contribution in [-0.2, 0) is 9.53 Å². The lowest BCUT2D eigenvalue weighted by Gasteiger charge is -2.25. The van der Waals surface area contributed by atoms with Crippen LogP contribution in [0.3, 0.4) is 0 Å². The van der Waals surface area contributed by atoms with Gasteiger partial charge in [-0.3, -0.25) is 4.79 Å². The number of primary amides is 1. The van der Waals surface area contributed by atoms with Gasteiger partial charge in [0.1, 0.15) is 12.0 Å². The highest BCUT2D eigenvalue weighted by Gasteiger charge is 2.18. The van der Waals surface area contributed by atoms with E-state index in [4.69, 9.17) is 15.2 Å². The summed E-state index contributed by atoms with van der Waals surface area (Å²) in [6, 6.07) is 0. The van der Waals surface area contributed by atoms with E-state index in [1.54, 1.807) is 12.3 Å². The molecule has 7 nitrogen and oxygen atoms in total. The summed E-state index contributed by atoms with van der Waals surface area (Å²) in [4.78, 5) is 22.2. The van der Waals surface area contributed by atoms with E-state index in [1.807, 2.05) is 0 Å². The zero-order valence-electron chi connectivity index (χ0n) is 11.4. The van der Waals surface area contributed by atoms with E-state index >= 15 is 0 Å². The molecule has 1 aliphatic rings. The van der Waals surface area contributed by atoms with E-state index in [9.17, 15) is 4.79 Å². The molecule has 0 aromatic carbocycles. The summed E-state index contributed by atoms with van der Waals surface area (Å²) in [6.45, 7) is 2.18. The zero-order chi connectivity index (χ0) is 14.7. The summed E-state index contributed by atoms with van der Waals surface area (Å²) in [6.07, 6.45) is 7.04. The largest absolute Gasteiger partial charge is 0.477 e. The molecule has 0 radical (unpaired) electrons. The number of H-pyrrole nitrogens is 1. The number of fused-ring (bicyclic) bond motifs is 1. The highest BCUT2D eigenvalue weighted by Crippen LogP contribution is 2.26. The van der Waals surface area contributed by atoms with Gasteiger partial charge in [0.15, 0.2) is 0 Å². The Balaban J connectivity index is 1.79. The lowest BCUT2D eigenvalue weighted by Crippen LogP contribution is -2.28. The van der Waals surface area contributed by atoms with E-state index in [1.165, 1.54) is 12.4 Å². The van der Waals surface area contributed by atoms with Gasteiger partial charge in [0.05, 0.1) is 25.2 Å². The standard InChI is InChI=1S/C14H16N4O3/c15-11(19)2-1-10-5-16-13-12(10)14(18-8-17-13)21-4-3-9-6-20-7-9/h1-2,5,8-9H,3-4,6-7H2,(H2,15,19)(H,16,17,18)/b2-1+. The molecule has 0 bridgehead atoms. The molecule has 2 aromatic rings. The lowest BCUT2D eigenvalue weighted by molar-refractivity contribution is -0.113. The maximum atomic E-state index is 10.9. The van der Waals surface area contributed by atoms with Gasteiger partial charge in [-0.25, -0.2) is 9.97 Å². The first-order chi connectivity index (χ1) is 10.2. The topological polar surface area (TPSA) is 103 Å². The third-order valence-corrected chi connectivity index (χ3v) is 3.36. The minimum absolute atomic E-state index is 0.505. The first-order valence-corrected chi connectivity index (χ1v) is 6.74. The number of hydrogen-bond donors (Lipinski definition) is 2. The molecule has 1 aliphatic heterocycles. The van der Waals surface area contributed by atoms with Crippen LogP contribution in [0.25, 0.3) is 17.1 Å². The van der Waals surface area contributed by atoms with Gasteiger partial charge in [-0.2, -0.15) is 0 Å². The number of carbonyl (C=O) groups is 1. The van der Waals surface area contributed by atoms with Crippen LogP contribution < -0.4 is 10.5 Å². The maximum Gasteiger partial charge on any atom is 0.241 e. The van der Waals surface area contributed by atoms with Gasteiger partial charge >= 0.3 is 0 Å². The molecule has 0 atom stereocenters. The number of rotatable bonds is 6. The van der Waals surface area contributed by atoms with Crippen LogP contribution in [0.1, 0.15) is 12.0 Å². The van der Waals surface area contributed by atoms with Crippen LogP contribution in [0.15, 0.2) is 18.6 Å². The smallest absolute Gasteiger partial charge is 0.241 e. The SMILES string of the molecule is NC(=O)/C=C/c1c[nH]c2ncnc(OCCC3COC3)c12. The number of nitrogens with one attached hydrogen (secondary N) is 1. The van der Waals surface area contributed by atoms with Gasteiger partial charge in [-0.1, -0.05) is 0 Å². The zero-order valence-corrected chi connectivity index (χ0v) is 11.4. The third-order valence-electron chi connectivity index (χ3n) is 3.36. The Morgan fingerprint density at radius 3 is 3.10 bits per heavy atom. The second-order valence-electron chi connectivity index (χ2n) is 4.92. The third kappa shape index (κ3) is 3.03. The number of amides is 1. The second kappa shape index (κ2) is 5.92. The van der Waals surface area contributed by atoms with Crippen LogP contribution >= 0.6 is 0 Å². The summed E-state index contributed by atoms with van der Waals surface area (Å²) >= 11 is 0. The quantitative estimate of drug-likeness (QED) is 0.768. The molecule has 3 rings (SSSR count). The van der Waals surface area contributed by atoms with Gasteiger partial charge in [-0.15, -0.1) is 0 Å². The van der Waals surface area contributed by atoms with Gasteiger partial charge in [-0.05, 0) is 12.5 Å². The van der Waals surface area contributed by atoms with Crippen molar-refractivity contribution < 1.29 is 14.3 Å². The molecule has 1 fully saturated rings. The Morgan fingerprint density at radius 2 is 2.38 bits per heavy atom. The fourth-order valence-electron chi connectivity index (χ4n) is 2.14. The summed E-state index contributed by atoms with van der Waals surface area (Å²) in [5, 5.41) is 0.750. The van der Waals surface area contributed by atoms with Crippen molar-refractivity contribution in [3.63, 3.8) is 0 Å². The molecule has 1 amide bonds. The Bertz CT molecular complexity index is 676. The molecule has 1 saturated heterocycles. The molecule has 110 valence electrons. The summed E-state index contributed by atoms with van der Waals surface area (Å²) in [5.74, 6) is 0.571. The predicted molar refractivity (Wildman–Crippen MR) is 76.5 cm³/mol. The number of aromatic nitrogens is 3. The van der Waals surface area contributed by atoms with Gasteiger partial charge < -0.3 is 20.2 Å². The minimum Gasteiger partial charge on any atom is -0.477 e. The number of aromatic amines is 1. The number of carbonyl (C=O) groups excluding carboxylic acids is 1. The lowest BCUT2D eigenvalue weighted by atomic mass is 10.1. The molecule has 3 N–H and O–H groups in total. The first kappa shape index (κ1) is 13.6. The number of nitrogens with zero attached hydrogens (tertiary/aromatic N) is 2. The molecule has 3 heterocycles. The number of nitrogens with two attached hydrogens (primary N) is 1. The van der Waals surface area contributed by atoms with Crippen molar-refractivity contribution in [2.24, 2.45) is 11.7 Å². The van der Waals surface area contributed by atoms with E-state index in [2.05, 4.69) is 15.0 Å². The minimum atomic E-state index is -0.506. The fourth-order valence-corrected chi connectivity index (χ4v) is 2.14. The van der Waals surface area contributed by atoms with Crippen LogP contribution in [0.2, 0.25) is 0 Å². The maximum absolute atomic E-state index is 10.9. The van der Waals surface area contributed by atoms with Crippen molar-refractivity contribution >= 4 is 23.0 Å². The normalized spacial score (nSPS) is 15.4. The van der Waals surface area contributed by atoms with E-state index in [-0.39, 0.29) is 0 Å². The molecule has 21 heavy (non-hydrogen) atoms.